The summed E-state index contributed by atoms with van der Waals surface area (Å²) in [4.78, 5) is 11.7. The van der Waals surface area contributed by atoms with Crippen LogP contribution in [0.1, 0.15) is 17.5 Å². The molecule has 0 aromatic heterocycles. The molecule has 1 aromatic carbocycles. The molecule has 17 heavy (non-hydrogen) atoms. The van der Waals surface area contributed by atoms with Gasteiger partial charge in [-0.05, 0) is 31.0 Å². The number of rotatable bonds is 1. The Morgan fingerprint density at radius 3 is 2.53 bits per heavy atom. The average molecular weight is 272 g/mol. The number of amides is 1. The lowest BCUT2D eigenvalue weighted by atomic mass is 10.1. The molecule has 1 aromatic rings. The fourth-order valence-corrected chi connectivity index (χ4v) is 2.14. The Morgan fingerprint density at radius 1 is 1.35 bits per heavy atom. The van der Waals surface area contributed by atoms with E-state index < -0.39 is 0 Å². The first-order valence-electron chi connectivity index (χ1n) is 5.03. The van der Waals surface area contributed by atoms with Crippen LogP contribution in [0.3, 0.4) is 0 Å². The fourth-order valence-electron chi connectivity index (χ4n) is 1.69. The molecule has 0 spiro atoms. The zero-order valence-electron chi connectivity index (χ0n) is 9.42. The van der Waals surface area contributed by atoms with Crippen molar-refractivity contribution in [2.75, 3.05) is 5.01 Å². The first-order chi connectivity index (χ1) is 7.91. The molecule has 0 aliphatic carbocycles. The highest BCUT2D eigenvalue weighted by Crippen LogP contribution is 2.36. The number of benzene rings is 1. The van der Waals surface area contributed by atoms with E-state index in [4.69, 9.17) is 28.9 Å². The lowest BCUT2D eigenvalue weighted by Gasteiger charge is -2.17. The van der Waals surface area contributed by atoms with Crippen LogP contribution in [0.4, 0.5) is 5.69 Å². The van der Waals surface area contributed by atoms with Crippen molar-refractivity contribution in [1.82, 2.24) is 0 Å². The summed E-state index contributed by atoms with van der Waals surface area (Å²) >= 11 is 12.2. The molecule has 1 heterocycles. The minimum Gasteiger partial charge on any atom is -0.385 e. The normalized spacial score (nSPS) is 15.4. The summed E-state index contributed by atoms with van der Waals surface area (Å²) in [5, 5.41) is 6.27. The Kier molecular flexibility index (Phi) is 3.02. The van der Waals surface area contributed by atoms with Crippen LogP contribution in [-0.4, -0.2) is 11.7 Å². The SMILES string of the molecule is Cc1c(Cl)cc(N2N=C(N)CC2=O)c(C)c1Cl. The fraction of sp³-hybridized carbons (Fsp3) is 0.273. The number of hydrogen-bond donors (Lipinski definition) is 1. The van der Waals surface area contributed by atoms with E-state index in [-0.39, 0.29) is 12.3 Å². The number of nitrogens with two attached hydrogens (primary N) is 1. The first-order valence-corrected chi connectivity index (χ1v) is 5.78. The second-order valence-electron chi connectivity index (χ2n) is 3.92. The monoisotopic (exact) mass is 271 g/mol. The lowest BCUT2D eigenvalue weighted by Crippen LogP contribution is -2.20. The standard InChI is InChI=1S/C11H11Cl2N3O/c1-5-7(12)3-8(6(2)11(5)13)16-10(17)4-9(14)15-16/h3H,4H2,1-2H3,(H2,14,15). The summed E-state index contributed by atoms with van der Waals surface area (Å²) in [5.41, 5.74) is 7.66. The van der Waals surface area contributed by atoms with Crippen molar-refractivity contribution in [1.29, 1.82) is 0 Å². The number of amidine groups is 1. The molecule has 1 aliphatic heterocycles. The van der Waals surface area contributed by atoms with Gasteiger partial charge in [0.2, 0.25) is 0 Å². The van der Waals surface area contributed by atoms with E-state index in [1.807, 2.05) is 13.8 Å². The van der Waals surface area contributed by atoms with Gasteiger partial charge in [0.05, 0.1) is 17.1 Å². The molecule has 0 saturated heterocycles. The van der Waals surface area contributed by atoms with Gasteiger partial charge in [0.15, 0.2) is 0 Å². The van der Waals surface area contributed by atoms with E-state index in [1.165, 1.54) is 5.01 Å². The van der Waals surface area contributed by atoms with Gasteiger partial charge in [-0.1, -0.05) is 23.2 Å². The first kappa shape index (κ1) is 12.2. The van der Waals surface area contributed by atoms with E-state index in [0.717, 1.165) is 11.1 Å². The van der Waals surface area contributed by atoms with Crippen LogP contribution in [0.25, 0.3) is 0 Å². The van der Waals surface area contributed by atoms with Gasteiger partial charge in [-0.2, -0.15) is 10.1 Å². The Morgan fingerprint density at radius 2 is 2.00 bits per heavy atom. The molecule has 6 heteroatoms. The van der Waals surface area contributed by atoms with Gasteiger partial charge in [0.25, 0.3) is 5.91 Å². The van der Waals surface area contributed by atoms with E-state index in [2.05, 4.69) is 5.10 Å². The smallest absolute Gasteiger partial charge is 0.255 e. The van der Waals surface area contributed by atoms with Crippen molar-refractivity contribution in [3.05, 3.63) is 27.2 Å². The molecule has 2 rings (SSSR count). The quantitative estimate of drug-likeness (QED) is 0.854. The van der Waals surface area contributed by atoms with Crippen LogP contribution < -0.4 is 10.7 Å². The molecule has 0 atom stereocenters. The lowest BCUT2D eigenvalue weighted by molar-refractivity contribution is -0.116. The molecular weight excluding hydrogens is 261 g/mol. The highest BCUT2D eigenvalue weighted by atomic mass is 35.5. The minimum absolute atomic E-state index is 0.128. The van der Waals surface area contributed by atoms with E-state index in [0.29, 0.717) is 21.6 Å². The van der Waals surface area contributed by atoms with Crippen LogP contribution in [0.2, 0.25) is 10.0 Å². The number of anilines is 1. The van der Waals surface area contributed by atoms with E-state index in [9.17, 15) is 4.79 Å². The van der Waals surface area contributed by atoms with Gasteiger partial charge in [-0.3, -0.25) is 4.79 Å². The van der Waals surface area contributed by atoms with Crippen molar-refractivity contribution < 1.29 is 4.79 Å². The molecule has 0 radical (unpaired) electrons. The number of hydrazone groups is 1. The molecule has 1 amide bonds. The second kappa shape index (κ2) is 4.20. The topological polar surface area (TPSA) is 58.7 Å². The Labute approximate surface area is 109 Å². The second-order valence-corrected chi connectivity index (χ2v) is 4.70. The van der Waals surface area contributed by atoms with Crippen LogP contribution in [-0.2, 0) is 4.79 Å². The molecule has 0 unspecified atom stereocenters. The zero-order chi connectivity index (χ0) is 12.7. The molecule has 0 bridgehead atoms. The molecular formula is C11H11Cl2N3O. The highest BCUT2D eigenvalue weighted by Gasteiger charge is 2.26. The number of carbonyl (C=O) groups is 1. The summed E-state index contributed by atoms with van der Waals surface area (Å²) in [5.74, 6) is 0.115. The number of halogens is 2. The largest absolute Gasteiger partial charge is 0.385 e. The van der Waals surface area contributed by atoms with Crippen LogP contribution in [0.15, 0.2) is 11.2 Å². The number of carbonyl (C=O) groups excluding carboxylic acids is 1. The van der Waals surface area contributed by atoms with E-state index >= 15 is 0 Å². The van der Waals surface area contributed by atoms with Crippen LogP contribution in [0, 0.1) is 13.8 Å². The predicted molar refractivity (Wildman–Crippen MR) is 69.7 cm³/mol. The van der Waals surface area contributed by atoms with Crippen molar-refractivity contribution in [2.45, 2.75) is 20.3 Å². The minimum atomic E-state index is -0.179. The Hall–Kier alpha value is -1.26. The highest BCUT2D eigenvalue weighted by molar-refractivity contribution is 6.37. The summed E-state index contributed by atoms with van der Waals surface area (Å²) in [7, 11) is 0. The van der Waals surface area contributed by atoms with Gasteiger partial charge in [0.1, 0.15) is 5.84 Å². The van der Waals surface area contributed by atoms with Gasteiger partial charge in [-0.15, -0.1) is 0 Å². The molecule has 1 aliphatic rings. The van der Waals surface area contributed by atoms with Gasteiger partial charge < -0.3 is 5.73 Å². The van der Waals surface area contributed by atoms with Crippen LogP contribution >= 0.6 is 23.2 Å². The third kappa shape index (κ3) is 1.98. The summed E-state index contributed by atoms with van der Waals surface area (Å²) < 4.78 is 0. The van der Waals surface area contributed by atoms with Crippen molar-refractivity contribution in [3.63, 3.8) is 0 Å². The summed E-state index contributed by atoms with van der Waals surface area (Å²) in [6.45, 7) is 3.64. The van der Waals surface area contributed by atoms with Gasteiger partial charge in [0, 0.05) is 5.02 Å². The Balaban J connectivity index is 2.57. The third-order valence-corrected chi connectivity index (χ3v) is 3.65. The molecule has 2 N–H and O–H groups in total. The zero-order valence-corrected chi connectivity index (χ0v) is 10.9. The van der Waals surface area contributed by atoms with Gasteiger partial charge >= 0.3 is 0 Å². The number of nitrogens with zero attached hydrogens (tertiary/aromatic N) is 2. The van der Waals surface area contributed by atoms with Crippen LogP contribution in [0.5, 0.6) is 0 Å². The van der Waals surface area contributed by atoms with Crippen molar-refractivity contribution >= 4 is 40.6 Å². The molecule has 90 valence electrons. The predicted octanol–water partition coefficient (Wildman–Crippen LogP) is 2.62. The maximum absolute atomic E-state index is 11.7. The number of hydrogen-bond acceptors (Lipinski definition) is 3. The third-order valence-electron chi connectivity index (χ3n) is 2.69. The molecule has 4 nitrogen and oxygen atoms in total. The summed E-state index contributed by atoms with van der Waals surface area (Å²) in [6, 6.07) is 1.68. The van der Waals surface area contributed by atoms with Crippen molar-refractivity contribution in [2.24, 2.45) is 10.8 Å². The average Bonchev–Trinajstić information content (AvgIpc) is 2.60. The van der Waals surface area contributed by atoms with E-state index in [1.54, 1.807) is 6.07 Å². The maximum atomic E-state index is 11.7. The maximum Gasteiger partial charge on any atom is 0.255 e. The molecule has 0 fully saturated rings. The van der Waals surface area contributed by atoms with Crippen molar-refractivity contribution in [3.8, 4) is 0 Å². The Bertz CT molecular complexity index is 540. The molecule has 0 saturated carbocycles. The summed E-state index contributed by atoms with van der Waals surface area (Å²) in [6.07, 6.45) is 0.128. The van der Waals surface area contributed by atoms with Gasteiger partial charge in [-0.25, -0.2) is 0 Å².